The van der Waals surface area contributed by atoms with E-state index in [0.29, 0.717) is 12.8 Å². The molecule has 1 amide bonds. The molecule has 12 heavy (non-hydrogen) atoms. The van der Waals surface area contributed by atoms with Gasteiger partial charge in [0.15, 0.2) is 0 Å². The van der Waals surface area contributed by atoms with Crippen LogP contribution < -0.4 is 11.1 Å². The zero-order valence-corrected chi connectivity index (χ0v) is 7.34. The fourth-order valence-electron chi connectivity index (χ4n) is 1.56. The monoisotopic (exact) mass is 172 g/mol. The second-order valence-corrected chi connectivity index (χ2v) is 3.48. The summed E-state index contributed by atoms with van der Waals surface area (Å²) in [5, 5.41) is 13.1. The number of hydrogen-bond donors (Lipinski definition) is 3. The second-order valence-electron chi connectivity index (χ2n) is 3.48. The van der Waals surface area contributed by atoms with Crippen LogP contribution in [-0.2, 0) is 4.79 Å². The number of carbonyl (C=O) groups excluding carboxylic acids is 1. The lowest BCUT2D eigenvalue weighted by molar-refractivity contribution is -0.132. The molecule has 0 saturated carbocycles. The lowest BCUT2D eigenvalue weighted by Crippen LogP contribution is -2.50. The van der Waals surface area contributed by atoms with Gasteiger partial charge in [-0.25, -0.2) is 0 Å². The van der Waals surface area contributed by atoms with Crippen LogP contribution in [-0.4, -0.2) is 29.7 Å². The first-order valence-corrected chi connectivity index (χ1v) is 4.29. The van der Waals surface area contributed by atoms with Crippen LogP contribution in [0.2, 0.25) is 0 Å². The third kappa shape index (κ3) is 1.76. The van der Waals surface area contributed by atoms with Gasteiger partial charge in [-0.3, -0.25) is 4.79 Å². The van der Waals surface area contributed by atoms with Crippen molar-refractivity contribution in [2.24, 2.45) is 11.7 Å². The van der Waals surface area contributed by atoms with Crippen LogP contribution >= 0.6 is 0 Å². The van der Waals surface area contributed by atoms with E-state index in [2.05, 4.69) is 5.32 Å². The van der Waals surface area contributed by atoms with Gasteiger partial charge in [0.05, 0.1) is 11.5 Å². The first-order chi connectivity index (χ1) is 5.56. The lowest BCUT2D eigenvalue weighted by Gasteiger charge is -2.36. The van der Waals surface area contributed by atoms with E-state index in [-0.39, 0.29) is 0 Å². The zero-order valence-electron chi connectivity index (χ0n) is 7.34. The molecule has 70 valence electrons. The van der Waals surface area contributed by atoms with Crippen molar-refractivity contribution in [2.75, 3.05) is 13.1 Å². The van der Waals surface area contributed by atoms with Crippen molar-refractivity contribution >= 4 is 5.91 Å². The number of aliphatic hydroxyl groups is 1. The predicted molar refractivity (Wildman–Crippen MR) is 45.4 cm³/mol. The Bertz CT molecular complexity index is 176. The van der Waals surface area contributed by atoms with Crippen molar-refractivity contribution in [1.29, 1.82) is 0 Å². The molecular weight excluding hydrogens is 156 g/mol. The molecule has 0 aromatic rings. The van der Waals surface area contributed by atoms with Gasteiger partial charge < -0.3 is 16.2 Å². The minimum Gasteiger partial charge on any atom is -0.389 e. The Hall–Kier alpha value is -0.610. The number of carbonyl (C=O) groups is 1. The number of primary amides is 1. The Labute approximate surface area is 72.1 Å². The first kappa shape index (κ1) is 9.48. The van der Waals surface area contributed by atoms with Crippen LogP contribution in [0, 0.1) is 5.92 Å². The van der Waals surface area contributed by atoms with Crippen molar-refractivity contribution < 1.29 is 9.90 Å². The molecule has 1 rings (SSSR count). The van der Waals surface area contributed by atoms with E-state index in [1.165, 1.54) is 0 Å². The summed E-state index contributed by atoms with van der Waals surface area (Å²) in [6, 6.07) is 0. The average molecular weight is 172 g/mol. The zero-order chi connectivity index (χ0) is 9.19. The maximum atomic E-state index is 10.8. The molecule has 4 heteroatoms. The van der Waals surface area contributed by atoms with Crippen LogP contribution in [0.3, 0.4) is 0 Å². The van der Waals surface area contributed by atoms with Gasteiger partial charge in [0, 0.05) is 0 Å². The molecule has 0 aliphatic carbocycles. The molecule has 1 saturated heterocycles. The van der Waals surface area contributed by atoms with Gasteiger partial charge in [-0.2, -0.15) is 0 Å². The third-order valence-corrected chi connectivity index (χ3v) is 2.70. The largest absolute Gasteiger partial charge is 0.389 e. The SMILES string of the molecule is CC(C(N)=O)C1(O)CCNCC1. The first-order valence-electron chi connectivity index (χ1n) is 4.29. The molecule has 1 aliphatic heterocycles. The van der Waals surface area contributed by atoms with Crippen molar-refractivity contribution in [3.8, 4) is 0 Å². The topological polar surface area (TPSA) is 75.4 Å². The maximum Gasteiger partial charge on any atom is 0.223 e. The van der Waals surface area contributed by atoms with Gasteiger partial charge >= 0.3 is 0 Å². The van der Waals surface area contributed by atoms with E-state index in [1.807, 2.05) is 0 Å². The summed E-state index contributed by atoms with van der Waals surface area (Å²) in [5.74, 6) is -0.862. The average Bonchev–Trinajstić information content (AvgIpc) is 2.04. The van der Waals surface area contributed by atoms with Crippen LogP contribution in [0.15, 0.2) is 0 Å². The summed E-state index contributed by atoms with van der Waals surface area (Å²) in [6.07, 6.45) is 1.22. The van der Waals surface area contributed by atoms with E-state index in [0.717, 1.165) is 13.1 Å². The molecule has 4 N–H and O–H groups in total. The molecule has 1 heterocycles. The minimum absolute atomic E-state index is 0.417. The van der Waals surface area contributed by atoms with Crippen LogP contribution in [0.5, 0.6) is 0 Å². The Kier molecular flexibility index (Phi) is 2.69. The standard InChI is InChI=1S/C8H16N2O2/c1-6(7(9)11)8(12)2-4-10-5-3-8/h6,10,12H,2-5H2,1H3,(H2,9,11). The van der Waals surface area contributed by atoms with E-state index in [1.54, 1.807) is 6.92 Å². The van der Waals surface area contributed by atoms with E-state index >= 15 is 0 Å². The summed E-state index contributed by atoms with van der Waals surface area (Å²) in [7, 11) is 0. The molecule has 1 aliphatic rings. The van der Waals surface area contributed by atoms with Gasteiger partial charge in [0.25, 0.3) is 0 Å². The summed E-state index contributed by atoms with van der Waals surface area (Å²) in [6.45, 7) is 3.20. The fourth-order valence-corrected chi connectivity index (χ4v) is 1.56. The predicted octanol–water partition coefficient (Wildman–Crippen LogP) is -0.778. The Morgan fingerprint density at radius 3 is 2.50 bits per heavy atom. The Morgan fingerprint density at radius 2 is 2.08 bits per heavy atom. The molecule has 0 bridgehead atoms. The minimum atomic E-state index is -0.878. The Morgan fingerprint density at radius 1 is 1.58 bits per heavy atom. The summed E-state index contributed by atoms with van der Waals surface area (Å²) in [5.41, 5.74) is 4.25. The smallest absolute Gasteiger partial charge is 0.223 e. The van der Waals surface area contributed by atoms with Crippen molar-refractivity contribution in [3.63, 3.8) is 0 Å². The van der Waals surface area contributed by atoms with E-state index in [9.17, 15) is 9.90 Å². The molecule has 0 aromatic heterocycles. The van der Waals surface area contributed by atoms with Crippen molar-refractivity contribution in [3.05, 3.63) is 0 Å². The molecule has 0 aromatic carbocycles. The summed E-state index contributed by atoms with van der Waals surface area (Å²) >= 11 is 0. The number of amides is 1. The second kappa shape index (κ2) is 3.41. The normalized spacial score (nSPS) is 24.8. The highest BCUT2D eigenvalue weighted by Crippen LogP contribution is 2.26. The van der Waals surface area contributed by atoms with Gasteiger partial charge in [-0.15, -0.1) is 0 Å². The van der Waals surface area contributed by atoms with Gasteiger partial charge in [0.2, 0.25) is 5.91 Å². The highest BCUT2D eigenvalue weighted by atomic mass is 16.3. The molecule has 0 radical (unpaired) electrons. The fraction of sp³-hybridized carbons (Fsp3) is 0.875. The van der Waals surface area contributed by atoms with Gasteiger partial charge in [0.1, 0.15) is 0 Å². The molecule has 1 atom stereocenters. The summed E-state index contributed by atoms with van der Waals surface area (Å²) < 4.78 is 0. The number of nitrogens with two attached hydrogens (primary N) is 1. The van der Waals surface area contributed by atoms with Crippen LogP contribution in [0.1, 0.15) is 19.8 Å². The molecule has 0 spiro atoms. The van der Waals surface area contributed by atoms with Crippen LogP contribution in [0.25, 0.3) is 0 Å². The van der Waals surface area contributed by atoms with Crippen molar-refractivity contribution in [2.45, 2.75) is 25.4 Å². The molecular formula is C8H16N2O2. The van der Waals surface area contributed by atoms with Crippen LogP contribution in [0.4, 0.5) is 0 Å². The number of rotatable bonds is 2. The molecule has 4 nitrogen and oxygen atoms in total. The highest BCUT2D eigenvalue weighted by Gasteiger charge is 2.37. The van der Waals surface area contributed by atoms with E-state index in [4.69, 9.17) is 5.73 Å². The summed E-state index contributed by atoms with van der Waals surface area (Å²) in [4.78, 5) is 10.8. The number of hydrogen-bond acceptors (Lipinski definition) is 3. The quantitative estimate of drug-likeness (QED) is 0.511. The molecule has 1 unspecified atom stereocenters. The third-order valence-electron chi connectivity index (χ3n) is 2.70. The maximum absolute atomic E-state index is 10.8. The van der Waals surface area contributed by atoms with Gasteiger partial charge in [-0.05, 0) is 25.9 Å². The van der Waals surface area contributed by atoms with Gasteiger partial charge in [-0.1, -0.05) is 6.92 Å². The van der Waals surface area contributed by atoms with E-state index < -0.39 is 17.4 Å². The Balaban J connectivity index is 2.62. The lowest BCUT2D eigenvalue weighted by atomic mass is 9.81. The van der Waals surface area contributed by atoms with Crippen molar-refractivity contribution in [1.82, 2.24) is 5.32 Å². The highest BCUT2D eigenvalue weighted by molar-refractivity contribution is 5.77. The number of piperidine rings is 1. The number of nitrogens with one attached hydrogen (secondary N) is 1. The molecule has 1 fully saturated rings.